The van der Waals surface area contributed by atoms with Gasteiger partial charge in [0.15, 0.2) is 22.8 Å². The van der Waals surface area contributed by atoms with E-state index >= 15 is 0 Å². The second-order valence-electron chi connectivity index (χ2n) is 7.91. The Morgan fingerprint density at radius 1 is 1.10 bits per heavy atom. The SMILES string of the molecule is CC1(C)OCCn2c1nc1c(N3CCOCC3)nc(-c3cncc(C(N)=O)c3)nc12. The first-order valence-electron chi connectivity index (χ1n) is 9.95. The summed E-state index contributed by atoms with van der Waals surface area (Å²) in [5, 5.41) is 0. The molecule has 0 aromatic carbocycles. The molecule has 5 heterocycles. The number of primary amides is 1. The zero-order valence-corrected chi connectivity index (χ0v) is 17.0. The van der Waals surface area contributed by atoms with E-state index in [0.717, 1.165) is 22.8 Å². The zero-order chi connectivity index (χ0) is 20.9. The molecule has 0 unspecified atom stereocenters. The third-order valence-corrected chi connectivity index (χ3v) is 5.48. The van der Waals surface area contributed by atoms with Gasteiger partial charge in [-0.25, -0.2) is 15.0 Å². The van der Waals surface area contributed by atoms with Crippen LogP contribution in [0.5, 0.6) is 0 Å². The molecule has 0 spiro atoms. The highest BCUT2D eigenvalue weighted by atomic mass is 16.5. The number of fused-ring (bicyclic) bond motifs is 3. The number of nitrogens with zero attached hydrogens (tertiary/aromatic N) is 6. The van der Waals surface area contributed by atoms with Crippen LogP contribution in [0.1, 0.15) is 30.0 Å². The van der Waals surface area contributed by atoms with Crippen molar-refractivity contribution in [1.29, 1.82) is 0 Å². The van der Waals surface area contributed by atoms with Crippen LogP contribution in [-0.2, 0) is 21.6 Å². The van der Waals surface area contributed by atoms with Crippen LogP contribution in [0.2, 0.25) is 0 Å². The highest BCUT2D eigenvalue weighted by Crippen LogP contribution is 2.35. The Labute approximate surface area is 173 Å². The number of aromatic nitrogens is 5. The van der Waals surface area contributed by atoms with E-state index < -0.39 is 11.5 Å². The Balaban J connectivity index is 1.74. The summed E-state index contributed by atoms with van der Waals surface area (Å²) in [6.45, 7) is 7.94. The maximum atomic E-state index is 11.6. The number of amides is 1. The topological polar surface area (TPSA) is 121 Å². The fourth-order valence-corrected chi connectivity index (χ4v) is 3.94. The molecule has 0 radical (unpaired) electrons. The Morgan fingerprint density at radius 3 is 2.67 bits per heavy atom. The fraction of sp³-hybridized carbons (Fsp3) is 0.450. The molecule has 3 aromatic heterocycles. The minimum Gasteiger partial charge on any atom is -0.378 e. The van der Waals surface area contributed by atoms with Gasteiger partial charge in [0.05, 0.1) is 25.4 Å². The molecule has 3 aromatic rings. The van der Waals surface area contributed by atoms with Crippen LogP contribution in [0.4, 0.5) is 5.82 Å². The van der Waals surface area contributed by atoms with Gasteiger partial charge in [0.25, 0.3) is 0 Å². The summed E-state index contributed by atoms with van der Waals surface area (Å²) in [6, 6.07) is 1.67. The quantitative estimate of drug-likeness (QED) is 0.682. The molecule has 10 heteroatoms. The number of hydrogen-bond donors (Lipinski definition) is 1. The Morgan fingerprint density at radius 2 is 1.90 bits per heavy atom. The van der Waals surface area contributed by atoms with Crippen LogP contribution in [0, 0.1) is 0 Å². The molecule has 5 rings (SSSR count). The van der Waals surface area contributed by atoms with Crippen molar-refractivity contribution in [3.8, 4) is 11.4 Å². The first kappa shape index (κ1) is 18.9. The number of imidazole rings is 1. The molecule has 30 heavy (non-hydrogen) atoms. The minimum atomic E-state index is -0.542. The lowest BCUT2D eigenvalue weighted by Gasteiger charge is -2.30. The average molecular weight is 409 g/mol. The molecule has 1 fully saturated rings. The van der Waals surface area contributed by atoms with Crippen LogP contribution in [0.3, 0.4) is 0 Å². The summed E-state index contributed by atoms with van der Waals surface area (Å²) in [4.78, 5) is 32.5. The molecule has 1 saturated heterocycles. The van der Waals surface area contributed by atoms with Gasteiger partial charge in [0.2, 0.25) is 5.91 Å². The Bertz CT molecular complexity index is 1130. The summed E-state index contributed by atoms with van der Waals surface area (Å²) in [6.07, 6.45) is 3.07. The predicted octanol–water partition coefficient (Wildman–Crippen LogP) is 1.09. The van der Waals surface area contributed by atoms with E-state index in [0.29, 0.717) is 56.4 Å². The number of carbonyl (C=O) groups is 1. The van der Waals surface area contributed by atoms with E-state index in [1.165, 1.54) is 6.20 Å². The maximum Gasteiger partial charge on any atom is 0.250 e. The van der Waals surface area contributed by atoms with E-state index in [9.17, 15) is 4.79 Å². The number of morpholine rings is 1. The third kappa shape index (κ3) is 3.08. The van der Waals surface area contributed by atoms with Gasteiger partial charge < -0.3 is 24.7 Å². The zero-order valence-electron chi connectivity index (χ0n) is 17.0. The number of anilines is 1. The second-order valence-corrected chi connectivity index (χ2v) is 7.91. The van der Waals surface area contributed by atoms with Gasteiger partial charge in [-0.05, 0) is 19.9 Å². The number of pyridine rings is 1. The van der Waals surface area contributed by atoms with Crippen LogP contribution in [0.15, 0.2) is 18.5 Å². The third-order valence-electron chi connectivity index (χ3n) is 5.48. The van der Waals surface area contributed by atoms with E-state index in [2.05, 4.69) is 14.5 Å². The molecular weight excluding hydrogens is 386 g/mol. The van der Waals surface area contributed by atoms with Gasteiger partial charge >= 0.3 is 0 Å². The van der Waals surface area contributed by atoms with E-state index in [-0.39, 0.29) is 0 Å². The molecule has 2 aliphatic heterocycles. The lowest BCUT2D eigenvalue weighted by Crippen LogP contribution is -2.37. The first-order chi connectivity index (χ1) is 14.4. The molecule has 0 bridgehead atoms. The lowest BCUT2D eigenvalue weighted by molar-refractivity contribution is -0.0530. The highest BCUT2D eigenvalue weighted by molar-refractivity contribution is 5.93. The van der Waals surface area contributed by atoms with Gasteiger partial charge in [-0.15, -0.1) is 0 Å². The van der Waals surface area contributed by atoms with E-state index in [4.69, 9.17) is 30.2 Å². The smallest absolute Gasteiger partial charge is 0.250 e. The molecule has 156 valence electrons. The molecule has 2 aliphatic rings. The van der Waals surface area contributed by atoms with Crippen molar-refractivity contribution in [3.05, 3.63) is 29.8 Å². The number of hydrogen-bond acceptors (Lipinski definition) is 8. The van der Waals surface area contributed by atoms with Gasteiger partial charge in [0.1, 0.15) is 11.4 Å². The van der Waals surface area contributed by atoms with Crippen LogP contribution in [0.25, 0.3) is 22.6 Å². The van der Waals surface area contributed by atoms with Crippen molar-refractivity contribution in [3.63, 3.8) is 0 Å². The van der Waals surface area contributed by atoms with Gasteiger partial charge in [-0.2, -0.15) is 0 Å². The number of ether oxygens (including phenoxy) is 2. The number of nitrogens with two attached hydrogens (primary N) is 1. The van der Waals surface area contributed by atoms with Crippen LogP contribution < -0.4 is 10.6 Å². The molecule has 0 saturated carbocycles. The van der Waals surface area contributed by atoms with Gasteiger partial charge in [0, 0.05) is 37.6 Å². The molecule has 0 aliphatic carbocycles. The van der Waals surface area contributed by atoms with Crippen LogP contribution in [-0.4, -0.2) is 63.3 Å². The molecule has 2 N–H and O–H groups in total. The second kappa shape index (κ2) is 6.99. The summed E-state index contributed by atoms with van der Waals surface area (Å²) in [5.41, 5.74) is 7.35. The summed E-state index contributed by atoms with van der Waals surface area (Å²) >= 11 is 0. The minimum absolute atomic E-state index is 0.314. The average Bonchev–Trinajstić information content (AvgIpc) is 3.14. The van der Waals surface area contributed by atoms with Crippen molar-refractivity contribution in [1.82, 2.24) is 24.5 Å². The lowest BCUT2D eigenvalue weighted by atomic mass is 10.1. The maximum absolute atomic E-state index is 11.6. The number of rotatable bonds is 3. The van der Waals surface area contributed by atoms with Crippen molar-refractivity contribution >= 4 is 22.9 Å². The van der Waals surface area contributed by atoms with Gasteiger partial charge in [-0.3, -0.25) is 9.78 Å². The summed E-state index contributed by atoms with van der Waals surface area (Å²) in [5.74, 6) is 1.51. The molecule has 1 amide bonds. The largest absolute Gasteiger partial charge is 0.378 e. The van der Waals surface area contributed by atoms with Crippen molar-refractivity contribution < 1.29 is 14.3 Å². The van der Waals surface area contributed by atoms with Crippen molar-refractivity contribution in [2.45, 2.75) is 26.0 Å². The first-order valence-corrected chi connectivity index (χ1v) is 9.95. The van der Waals surface area contributed by atoms with E-state index in [1.54, 1.807) is 12.3 Å². The Kier molecular flexibility index (Phi) is 4.40. The molecular formula is C20H23N7O3. The molecule has 10 nitrogen and oxygen atoms in total. The number of carbonyl (C=O) groups excluding carboxylic acids is 1. The fourth-order valence-electron chi connectivity index (χ4n) is 3.94. The van der Waals surface area contributed by atoms with E-state index in [1.807, 2.05) is 13.8 Å². The summed E-state index contributed by atoms with van der Waals surface area (Å²) in [7, 11) is 0. The normalized spacial score (nSPS) is 18.4. The van der Waals surface area contributed by atoms with Crippen molar-refractivity contribution in [2.24, 2.45) is 5.73 Å². The monoisotopic (exact) mass is 409 g/mol. The van der Waals surface area contributed by atoms with Crippen LogP contribution >= 0.6 is 0 Å². The van der Waals surface area contributed by atoms with Gasteiger partial charge in [-0.1, -0.05) is 0 Å². The van der Waals surface area contributed by atoms with Crippen molar-refractivity contribution in [2.75, 3.05) is 37.8 Å². The Hall–Kier alpha value is -3.11. The highest BCUT2D eigenvalue weighted by Gasteiger charge is 2.34. The predicted molar refractivity (Wildman–Crippen MR) is 109 cm³/mol. The standard InChI is InChI=1S/C20H23N7O3/c1-20(2)19-23-14-17(26-3-6-29-7-4-26)24-16(25-18(14)27(19)5-8-30-20)13-9-12(15(21)28)10-22-11-13/h9-11H,3-8H2,1-2H3,(H2,21,28). The molecule has 0 atom stereocenters. The summed E-state index contributed by atoms with van der Waals surface area (Å²) < 4.78 is 13.5.